The number of halogens is 2. The molecule has 82 valence electrons. The van der Waals surface area contributed by atoms with Gasteiger partial charge in [0.2, 0.25) is 0 Å². The van der Waals surface area contributed by atoms with Crippen molar-refractivity contribution in [3.05, 3.63) is 78.7 Å². The summed E-state index contributed by atoms with van der Waals surface area (Å²) in [5, 5.41) is 0. The van der Waals surface area contributed by atoms with E-state index >= 15 is 0 Å². The highest BCUT2D eigenvalue weighted by atomic mass is 19.1. The lowest BCUT2D eigenvalue weighted by molar-refractivity contribution is 0.622. The summed E-state index contributed by atoms with van der Waals surface area (Å²) in [6.45, 7) is 0. The van der Waals surface area contributed by atoms with Crippen LogP contribution in [0, 0.1) is 30.9 Å². The summed E-state index contributed by atoms with van der Waals surface area (Å²) in [6.07, 6.45) is 0. The molecule has 17 heavy (non-hydrogen) atoms. The van der Waals surface area contributed by atoms with Crippen LogP contribution < -0.4 is 0 Å². The van der Waals surface area contributed by atoms with Crippen molar-refractivity contribution in [2.75, 3.05) is 0 Å². The summed E-state index contributed by atoms with van der Waals surface area (Å²) in [5.74, 6) is 4.42. The molecule has 0 amide bonds. The number of rotatable bonds is 0. The number of benzene rings is 2. The lowest BCUT2D eigenvalue weighted by atomic mass is 10.1. The first kappa shape index (κ1) is 12.9. The Labute approximate surface area is 99.9 Å². The normalized spacial score (nSPS) is 8.82. The van der Waals surface area contributed by atoms with E-state index in [-0.39, 0.29) is 18.6 Å². The van der Waals surface area contributed by atoms with Crippen LogP contribution >= 0.6 is 0 Å². The van der Waals surface area contributed by atoms with Crippen molar-refractivity contribution in [2.24, 2.45) is 0 Å². The molecule has 0 aromatic heterocycles. The molecule has 0 saturated carbocycles. The zero-order chi connectivity index (χ0) is 11.4. The predicted molar refractivity (Wildman–Crippen MR) is 62.0 cm³/mol. The summed E-state index contributed by atoms with van der Waals surface area (Å²) in [5.41, 5.74) is 0.538. The van der Waals surface area contributed by atoms with Crippen LogP contribution in [0.3, 0.4) is 0 Å². The van der Waals surface area contributed by atoms with Crippen LogP contribution in [0.25, 0.3) is 0 Å². The highest BCUT2D eigenvalue weighted by Gasteiger charge is 1.97. The Bertz CT molecular complexity index is 513. The maximum absolute atomic E-state index is 13.2. The van der Waals surface area contributed by atoms with Gasteiger partial charge in [0, 0.05) is 7.43 Å². The van der Waals surface area contributed by atoms with Crippen molar-refractivity contribution >= 4 is 0 Å². The zero-order valence-corrected chi connectivity index (χ0v) is 8.87. The quantitative estimate of drug-likeness (QED) is 0.603. The summed E-state index contributed by atoms with van der Waals surface area (Å²) in [6, 6.07) is 12.3. The van der Waals surface area contributed by atoms with E-state index in [1.165, 1.54) is 12.1 Å². The molecule has 0 aliphatic heterocycles. The Morgan fingerprint density at radius 2 is 1.00 bits per heavy atom. The van der Waals surface area contributed by atoms with Crippen LogP contribution in [0.15, 0.2) is 48.5 Å². The van der Waals surface area contributed by atoms with Crippen molar-refractivity contribution in [3.8, 4) is 11.8 Å². The molecule has 0 bridgehead atoms. The van der Waals surface area contributed by atoms with Crippen molar-refractivity contribution in [1.82, 2.24) is 0 Å². The predicted octanol–water partition coefficient (Wildman–Crippen LogP) is 3.45. The van der Waals surface area contributed by atoms with Crippen LogP contribution in [0.1, 0.15) is 11.1 Å². The van der Waals surface area contributed by atoms with Gasteiger partial charge in [-0.25, -0.2) is 8.78 Å². The molecule has 0 heterocycles. The van der Waals surface area contributed by atoms with Crippen molar-refractivity contribution < 1.29 is 8.78 Å². The molecule has 0 aliphatic rings. The number of hydrogen-bond acceptors (Lipinski definition) is 0. The van der Waals surface area contributed by atoms with Gasteiger partial charge in [0.05, 0.1) is 11.1 Å². The minimum atomic E-state index is -0.397. The molecule has 4 radical (unpaired) electrons. The lowest BCUT2D eigenvalue weighted by Gasteiger charge is -1.93. The molecule has 2 aromatic rings. The molecule has 0 atom stereocenters. The third-order valence-electron chi connectivity index (χ3n) is 2.08. The fourth-order valence-corrected chi connectivity index (χ4v) is 1.26. The molecule has 0 spiro atoms. The average Bonchev–Trinajstić information content (AvgIpc) is 2.30. The van der Waals surface area contributed by atoms with E-state index in [2.05, 4.69) is 11.8 Å². The minimum Gasteiger partial charge on any atom is -0.206 e. The monoisotopic (exact) mass is 226 g/mol. The molecule has 0 fully saturated rings. The largest absolute Gasteiger partial charge is 0.206 e. The van der Waals surface area contributed by atoms with Crippen LogP contribution in [0.2, 0.25) is 0 Å². The molecular weight excluding hydrogens is 218 g/mol. The highest BCUT2D eigenvalue weighted by Crippen LogP contribution is 2.07. The second-order valence-electron chi connectivity index (χ2n) is 3.21. The van der Waals surface area contributed by atoms with E-state index in [9.17, 15) is 8.78 Å². The fraction of sp³-hybridized carbons (Fsp3) is 0. The SMILES string of the molecule is Fc1ccccc1C#Cc1ccccc1F.[C]. The summed E-state index contributed by atoms with van der Waals surface area (Å²) >= 11 is 0. The van der Waals surface area contributed by atoms with Crippen molar-refractivity contribution in [2.45, 2.75) is 0 Å². The first-order valence-electron chi connectivity index (χ1n) is 4.78. The third kappa shape index (κ3) is 3.15. The maximum atomic E-state index is 13.2. The van der Waals surface area contributed by atoms with E-state index in [4.69, 9.17) is 0 Å². The first-order valence-corrected chi connectivity index (χ1v) is 4.78. The minimum absolute atomic E-state index is 0. The summed E-state index contributed by atoms with van der Waals surface area (Å²) in [4.78, 5) is 0. The Hall–Kier alpha value is -2.14. The van der Waals surface area contributed by atoms with Gasteiger partial charge in [-0.3, -0.25) is 0 Å². The van der Waals surface area contributed by atoms with Crippen molar-refractivity contribution in [3.63, 3.8) is 0 Å². The fourth-order valence-electron chi connectivity index (χ4n) is 1.26. The number of hydrogen-bond donors (Lipinski definition) is 0. The lowest BCUT2D eigenvalue weighted by Crippen LogP contribution is -1.84. The van der Waals surface area contributed by atoms with Crippen molar-refractivity contribution in [1.29, 1.82) is 0 Å². The van der Waals surface area contributed by atoms with E-state index in [1.807, 2.05) is 0 Å². The van der Waals surface area contributed by atoms with Gasteiger partial charge in [-0.15, -0.1) is 0 Å². The Balaban J connectivity index is 0.00000144. The highest BCUT2D eigenvalue weighted by molar-refractivity contribution is 5.43. The standard InChI is InChI=1S/C14H8F2.C/c15-13-7-3-1-5-11(13)9-10-12-6-2-4-8-14(12)16;/h1-8H;. The van der Waals surface area contributed by atoms with Crippen LogP contribution in [0.4, 0.5) is 8.78 Å². The van der Waals surface area contributed by atoms with Gasteiger partial charge < -0.3 is 0 Å². The maximum Gasteiger partial charge on any atom is 0.138 e. The smallest absolute Gasteiger partial charge is 0.138 e. The Morgan fingerprint density at radius 3 is 1.35 bits per heavy atom. The Morgan fingerprint density at radius 1 is 0.647 bits per heavy atom. The molecule has 0 N–H and O–H groups in total. The van der Waals surface area contributed by atoms with Gasteiger partial charge in [-0.1, -0.05) is 36.1 Å². The van der Waals surface area contributed by atoms with E-state index in [0.29, 0.717) is 0 Å². The molecule has 0 aliphatic carbocycles. The molecular formula is C15H8F2. The van der Waals surface area contributed by atoms with Gasteiger partial charge in [0.25, 0.3) is 0 Å². The summed E-state index contributed by atoms with van der Waals surface area (Å²) < 4.78 is 26.4. The van der Waals surface area contributed by atoms with E-state index in [0.717, 1.165) is 0 Å². The van der Waals surface area contributed by atoms with E-state index < -0.39 is 11.6 Å². The summed E-state index contributed by atoms with van der Waals surface area (Å²) in [7, 11) is 0. The average molecular weight is 226 g/mol. The molecule has 0 saturated heterocycles. The first-order chi connectivity index (χ1) is 7.77. The van der Waals surface area contributed by atoms with Gasteiger partial charge >= 0.3 is 0 Å². The zero-order valence-electron chi connectivity index (χ0n) is 8.87. The van der Waals surface area contributed by atoms with Gasteiger partial charge in [0.1, 0.15) is 11.6 Å². The van der Waals surface area contributed by atoms with E-state index in [1.54, 1.807) is 36.4 Å². The molecule has 0 nitrogen and oxygen atoms in total. The molecule has 0 unspecified atom stereocenters. The topological polar surface area (TPSA) is 0 Å². The second-order valence-corrected chi connectivity index (χ2v) is 3.21. The van der Waals surface area contributed by atoms with Crippen LogP contribution in [-0.2, 0) is 0 Å². The van der Waals surface area contributed by atoms with Gasteiger partial charge in [-0.05, 0) is 24.3 Å². The molecule has 2 heteroatoms. The van der Waals surface area contributed by atoms with Gasteiger partial charge in [-0.2, -0.15) is 0 Å². The third-order valence-corrected chi connectivity index (χ3v) is 2.08. The second kappa shape index (κ2) is 5.81. The molecule has 2 aromatic carbocycles. The molecule has 2 rings (SSSR count). The van der Waals surface area contributed by atoms with Crippen LogP contribution in [-0.4, -0.2) is 0 Å². The Kier molecular flexibility index (Phi) is 4.42. The van der Waals surface area contributed by atoms with Gasteiger partial charge in [0.15, 0.2) is 0 Å². The van der Waals surface area contributed by atoms with Crippen LogP contribution in [0.5, 0.6) is 0 Å².